The summed E-state index contributed by atoms with van der Waals surface area (Å²) in [6, 6.07) is 0. The van der Waals surface area contributed by atoms with Crippen LogP contribution in [0.3, 0.4) is 0 Å². The van der Waals surface area contributed by atoms with E-state index in [2.05, 4.69) is 47.6 Å². The number of aliphatic hydroxyl groups excluding tert-OH is 2. The van der Waals surface area contributed by atoms with E-state index >= 15 is 0 Å². The summed E-state index contributed by atoms with van der Waals surface area (Å²) in [5.74, 6) is 1.93. The van der Waals surface area contributed by atoms with Gasteiger partial charge >= 0.3 is 0 Å². The molecule has 0 saturated heterocycles. The summed E-state index contributed by atoms with van der Waals surface area (Å²) >= 11 is 0. The highest BCUT2D eigenvalue weighted by Crippen LogP contribution is 2.72. The van der Waals surface area contributed by atoms with E-state index in [1.807, 2.05) is 6.92 Å². The lowest BCUT2D eigenvalue weighted by Gasteiger charge is -2.61. The quantitative estimate of drug-likeness (QED) is 0.456. The zero-order valence-electron chi connectivity index (χ0n) is 22.3. The van der Waals surface area contributed by atoms with Gasteiger partial charge in [0.05, 0.1) is 12.7 Å². The van der Waals surface area contributed by atoms with Gasteiger partial charge in [-0.3, -0.25) is 4.79 Å². The molecular weight excluding hydrogens is 408 g/mol. The minimum absolute atomic E-state index is 0.0482. The largest absolute Gasteiger partial charge is 0.392 e. The molecule has 0 aromatic carbocycles. The van der Waals surface area contributed by atoms with Crippen LogP contribution in [0, 0.1) is 39.4 Å². The zero-order chi connectivity index (χ0) is 24.4. The summed E-state index contributed by atoms with van der Waals surface area (Å²) in [6.45, 7) is 16.3. The van der Waals surface area contributed by atoms with Gasteiger partial charge in [0.1, 0.15) is 5.78 Å². The van der Waals surface area contributed by atoms with E-state index in [1.54, 1.807) is 0 Å². The molecule has 186 valence electrons. The minimum Gasteiger partial charge on any atom is -0.392 e. The highest BCUT2D eigenvalue weighted by atomic mass is 16.3. The number of hydrogen-bond donors (Lipinski definition) is 2. The highest BCUT2D eigenvalue weighted by molar-refractivity contribution is 5.85. The van der Waals surface area contributed by atoms with Crippen LogP contribution < -0.4 is 0 Å². The van der Waals surface area contributed by atoms with Crippen LogP contribution >= 0.6 is 0 Å². The van der Waals surface area contributed by atoms with Crippen molar-refractivity contribution in [2.75, 3.05) is 6.61 Å². The number of aliphatic hydroxyl groups is 2. The van der Waals surface area contributed by atoms with Gasteiger partial charge in [0, 0.05) is 11.8 Å². The van der Waals surface area contributed by atoms with Gasteiger partial charge < -0.3 is 10.2 Å². The Labute approximate surface area is 202 Å². The molecule has 3 nitrogen and oxygen atoms in total. The monoisotopic (exact) mass is 456 g/mol. The van der Waals surface area contributed by atoms with Crippen LogP contribution in [0.5, 0.6) is 0 Å². The molecule has 2 N–H and O–H groups in total. The third kappa shape index (κ3) is 3.54. The Kier molecular flexibility index (Phi) is 6.35. The molecule has 0 heterocycles. The van der Waals surface area contributed by atoms with Gasteiger partial charge in [-0.2, -0.15) is 0 Å². The fourth-order valence-electron chi connectivity index (χ4n) is 9.26. The molecule has 2 saturated carbocycles. The van der Waals surface area contributed by atoms with Crippen LogP contribution in [0.15, 0.2) is 22.8 Å². The van der Waals surface area contributed by atoms with Gasteiger partial charge in [-0.15, -0.1) is 0 Å². The Balaban J connectivity index is 1.67. The molecule has 0 radical (unpaired) electrons. The number of carbonyl (C=O) groups is 1. The second-order valence-electron chi connectivity index (χ2n) is 13.4. The molecule has 4 aliphatic carbocycles. The van der Waals surface area contributed by atoms with Crippen molar-refractivity contribution >= 4 is 5.78 Å². The second kappa shape index (κ2) is 8.33. The number of carbonyl (C=O) groups excluding carboxylic acids is 1. The predicted molar refractivity (Wildman–Crippen MR) is 135 cm³/mol. The van der Waals surface area contributed by atoms with Crippen molar-refractivity contribution in [2.45, 2.75) is 112 Å². The average Bonchev–Trinajstić information content (AvgIpc) is 3.04. The Hall–Kier alpha value is -0.930. The number of ketones is 1. The maximum Gasteiger partial charge on any atom is 0.138 e. The van der Waals surface area contributed by atoms with Gasteiger partial charge in [0.15, 0.2) is 0 Å². The molecule has 2 fully saturated rings. The highest BCUT2D eigenvalue weighted by Gasteiger charge is 2.65. The summed E-state index contributed by atoms with van der Waals surface area (Å²) < 4.78 is 0. The molecule has 4 aliphatic rings. The molecule has 33 heavy (non-hydrogen) atoms. The fourth-order valence-corrected chi connectivity index (χ4v) is 9.26. The van der Waals surface area contributed by atoms with Crippen LogP contribution in [0.1, 0.15) is 106 Å². The van der Waals surface area contributed by atoms with Crippen molar-refractivity contribution in [3.63, 3.8) is 0 Å². The molecular formula is C30H48O3. The first-order valence-corrected chi connectivity index (χ1v) is 13.5. The average molecular weight is 457 g/mol. The Bertz CT molecular complexity index is 866. The van der Waals surface area contributed by atoms with Gasteiger partial charge in [-0.05, 0) is 97.9 Å². The molecule has 0 aromatic heterocycles. The number of Topliss-reactive ketones (excluding diaryl/α,β-unsaturated/α-hetero) is 1. The van der Waals surface area contributed by atoms with E-state index in [0.29, 0.717) is 24.0 Å². The van der Waals surface area contributed by atoms with Crippen molar-refractivity contribution < 1.29 is 15.0 Å². The SMILES string of the molecule is C/C(=C\CC[C@@H](C)[C@H]1CC[C@@]2(C)C3=C(CC[C@]12C)[C@@]1(C)CCC(=O)C(C)(C)[C@@H]1C[C@H]3O)CO. The summed E-state index contributed by atoms with van der Waals surface area (Å²) in [7, 11) is 0. The number of hydrogen-bond acceptors (Lipinski definition) is 3. The molecule has 0 aromatic rings. The zero-order valence-corrected chi connectivity index (χ0v) is 22.3. The number of allylic oxidation sites excluding steroid dienone is 2. The molecule has 3 heteroatoms. The first-order valence-electron chi connectivity index (χ1n) is 13.5. The van der Waals surface area contributed by atoms with Gasteiger partial charge in [-0.25, -0.2) is 0 Å². The molecule has 7 atom stereocenters. The van der Waals surface area contributed by atoms with Crippen molar-refractivity contribution in [2.24, 2.45) is 39.4 Å². The maximum atomic E-state index is 12.8. The van der Waals surface area contributed by atoms with E-state index in [1.165, 1.54) is 30.4 Å². The lowest BCUT2D eigenvalue weighted by atomic mass is 9.43. The van der Waals surface area contributed by atoms with Crippen molar-refractivity contribution in [3.05, 3.63) is 22.8 Å². The van der Waals surface area contributed by atoms with Crippen molar-refractivity contribution in [1.29, 1.82) is 0 Å². The number of rotatable bonds is 5. The Morgan fingerprint density at radius 1 is 1.12 bits per heavy atom. The molecule has 4 rings (SSSR count). The van der Waals surface area contributed by atoms with Gasteiger partial charge in [-0.1, -0.05) is 58.8 Å². The lowest BCUT2D eigenvalue weighted by Crippen LogP contribution is -2.57. The van der Waals surface area contributed by atoms with Crippen LogP contribution in [0.4, 0.5) is 0 Å². The van der Waals surface area contributed by atoms with E-state index in [0.717, 1.165) is 37.7 Å². The standard InChI is InChI=1S/C30H48O3/c1-19(18-31)9-8-10-20(2)21-11-16-30(7)26-22(12-15-29(21,30)6)28(5)14-13-25(33)27(3,4)24(28)17-23(26)32/h9,20-21,23-24,31-32H,8,10-18H2,1-7H3/b19-9+/t20-,21-,23-,24+,28-,29-,30+/m1/s1. The molecule has 0 unspecified atom stereocenters. The Morgan fingerprint density at radius 3 is 2.48 bits per heavy atom. The third-order valence-corrected chi connectivity index (χ3v) is 11.6. The van der Waals surface area contributed by atoms with E-state index in [9.17, 15) is 15.0 Å². The first kappa shape index (κ1) is 25.2. The van der Waals surface area contributed by atoms with E-state index in [4.69, 9.17) is 0 Å². The summed E-state index contributed by atoms with van der Waals surface area (Å²) in [6.07, 6.45) is 11.1. The Morgan fingerprint density at radius 2 is 1.82 bits per heavy atom. The van der Waals surface area contributed by atoms with Crippen molar-refractivity contribution in [3.8, 4) is 0 Å². The van der Waals surface area contributed by atoms with Crippen LogP contribution in [-0.2, 0) is 4.79 Å². The summed E-state index contributed by atoms with van der Waals surface area (Å²) in [5, 5.41) is 21.0. The van der Waals surface area contributed by atoms with Gasteiger partial charge in [0.25, 0.3) is 0 Å². The van der Waals surface area contributed by atoms with Crippen LogP contribution in [0.25, 0.3) is 0 Å². The topological polar surface area (TPSA) is 57.5 Å². The number of fused-ring (bicyclic) bond motifs is 4. The summed E-state index contributed by atoms with van der Waals surface area (Å²) in [5.41, 5.74) is 3.94. The van der Waals surface area contributed by atoms with Crippen LogP contribution in [0.2, 0.25) is 0 Å². The molecule has 0 spiro atoms. The molecule has 0 bridgehead atoms. The summed E-state index contributed by atoms with van der Waals surface area (Å²) in [4.78, 5) is 12.8. The van der Waals surface area contributed by atoms with Crippen LogP contribution in [-0.4, -0.2) is 28.7 Å². The molecule has 0 aliphatic heterocycles. The lowest BCUT2D eigenvalue weighted by molar-refractivity contribution is -0.141. The van der Waals surface area contributed by atoms with E-state index in [-0.39, 0.29) is 34.2 Å². The fraction of sp³-hybridized carbons (Fsp3) is 0.833. The minimum atomic E-state index is -0.405. The van der Waals surface area contributed by atoms with Gasteiger partial charge in [0.2, 0.25) is 0 Å². The maximum absolute atomic E-state index is 12.8. The predicted octanol–water partition coefficient (Wildman–Crippen LogP) is 6.63. The van der Waals surface area contributed by atoms with E-state index < -0.39 is 6.10 Å². The molecule has 0 amide bonds. The third-order valence-electron chi connectivity index (χ3n) is 11.6. The second-order valence-corrected chi connectivity index (χ2v) is 13.4. The smallest absolute Gasteiger partial charge is 0.138 e. The van der Waals surface area contributed by atoms with Crippen molar-refractivity contribution in [1.82, 2.24) is 0 Å². The normalized spacial score (nSPS) is 43.7. The first-order chi connectivity index (χ1) is 15.3.